The number of hydrogen-bond acceptors (Lipinski definition) is 5. The van der Waals surface area contributed by atoms with Crippen LogP contribution in [0.1, 0.15) is 35.9 Å². The van der Waals surface area contributed by atoms with Crippen LogP contribution in [-0.2, 0) is 10.0 Å². The SMILES string of the molecule is CCOc1ccc(S(=O)(=O)Nc2ccc3sc(C(=O)N4CCCCC4)cc3c2)cc1Cl. The summed E-state index contributed by atoms with van der Waals surface area (Å²) in [6, 6.07) is 11.5. The van der Waals surface area contributed by atoms with Crippen molar-refractivity contribution in [3.63, 3.8) is 0 Å². The topological polar surface area (TPSA) is 75.7 Å². The molecule has 1 saturated heterocycles. The number of thiophene rings is 1. The fourth-order valence-corrected chi connectivity index (χ4v) is 5.99. The Labute approximate surface area is 190 Å². The average molecular weight is 479 g/mol. The van der Waals surface area contributed by atoms with E-state index >= 15 is 0 Å². The highest BCUT2D eigenvalue weighted by atomic mass is 35.5. The molecule has 1 aliphatic heterocycles. The number of ether oxygens (including phenoxy) is 1. The van der Waals surface area contributed by atoms with E-state index in [1.165, 1.54) is 29.9 Å². The molecule has 0 atom stereocenters. The van der Waals surface area contributed by atoms with E-state index < -0.39 is 10.0 Å². The zero-order valence-electron chi connectivity index (χ0n) is 17.1. The van der Waals surface area contributed by atoms with E-state index in [1.807, 2.05) is 24.0 Å². The number of hydrogen-bond donors (Lipinski definition) is 1. The summed E-state index contributed by atoms with van der Waals surface area (Å²) in [5, 5.41) is 1.06. The second-order valence-corrected chi connectivity index (χ2v) is 10.5. The minimum atomic E-state index is -3.82. The third kappa shape index (κ3) is 4.81. The van der Waals surface area contributed by atoms with Crippen molar-refractivity contribution in [2.75, 3.05) is 24.4 Å². The summed E-state index contributed by atoms with van der Waals surface area (Å²) in [5.41, 5.74) is 0.423. The van der Waals surface area contributed by atoms with Gasteiger partial charge in [0.25, 0.3) is 15.9 Å². The van der Waals surface area contributed by atoms with Crippen LogP contribution in [0.4, 0.5) is 5.69 Å². The van der Waals surface area contributed by atoms with Crippen molar-refractivity contribution in [3.05, 3.63) is 52.4 Å². The van der Waals surface area contributed by atoms with Crippen molar-refractivity contribution in [3.8, 4) is 5.75 Å². The summed E-state index contributed by atoms with van der Waals surface area (Å²) in [6.45, 7) is 3.85. The second kappa shape index (κ2) is 9.06. The Balaban J connectivity index is 1.55. The molecule has 3 aromatic rings. The lowest BCUT2D eigenvalue weighted by molar-refractivity contribution is 0.0729. The molecule has 9 heteroatoms. The lowest BCUT2D eigenvalue weighted by atomic mass is 10.1. The fraction of sp³-hybridized carbons (Fsp3) is 0.318. The van der Waals surface area contributed by atoms with Crippen LogP contribution < -0.4 is 9.46 Å². The monoisotopic (exact) mass is 478 g/mol. The van der Waals surface area contributed by atoms with Crippen LogP contribution in [0.2, 0.25) is 5.02 Å². The quantitative estimate of drug-likeness (QED) is 0.516. The first-order chi connectivity index (χ1) is 14.9. The van der Waals surface area contributed by atoms with E-state index in [9.17, 15) is 13.2 Å². The lowest BCUT2D eigenvalue weighted by Gasteiger charge is -2.26. The zero-order chi connectivity index (χ0) is 22.0. The molecule has 0 radical (unpaired) electrons. The second-order valence-electron chi connectivity index (χ2n) is 7.35. The van der Waals surface area contributed by atoms with Gasteiger partial charge in [-0.1, -0.05) is 11.6 Å². The van der Waals surface area contributed by atoms with Crippen LogP contribution >= 0.6 is 22.9 Å². The number of anilines is 1. The maximum Gasteiger partial charge on any atom is 0.263 e. The van der Waals surface area contributed by atoms with Crippen LogP contribution in [0, 0.1) is 0 Å². The Morgan fingerprint density at radius 1 is 1.13 bits per heavy atom. The maximum absolute atomic E-state index is 12.8. The Hall–Kier alpha value is -2.29. The number of likely N-dealkylation sites (tertiary alicyclic amines) is 1. The molecule has 0 bridgehead atoms. The summed E-state index contributed by atoms with van der Waals surface area (Å²) in [7, 11) is -3.82. The molecule has 6 nitrogen and oxygen atoms in total. The number of amides is 1. The number of carbonyl (C=O) groups excluding carboxylic acids is 1. The lowest BCUT2D eigenvalue weighted by Crippen LogP contribution is -2.35. The number of fused-ring (bicyclic) bond motifs is 1. The van der Waals surface area contributed by atoms with Crippen molar-refractivity contribution in [2.45, 2.75) is 31.1 Å². The van der Waals surface area contributed by atoms with Gasteiger partial charge in [-0.05, 0) is 74.0 Å². The van der Waals surface area contributed by atoms with E-state index in [-0.39, 0.29) is 15.8 Å². The summed E-state index contributed by atoms with van der Waals surface area (Å²) >= 11 is 7.57. The van der Waals surface area contributed by atoms with Crippen LogP contribution in [0.15, 0.2) is 47.4 Å². The van der Waals surface area contributed by atoms with Gasteiger partial charge in [-0.2, -0.15) is 0 Å². The molecule has 31 heavy (non-hydrogen) atoms. The van der Waals surface area contributed by atoms with Crippen LogP contribution in [0.25, 0.3) is 10.1 Å². The number of halogens is 1. The summed E-state index contributed by atoms with van der Waals surface area (Å²) in [5.74, 6) is 0.487. The predicted octanol–water partition coefficient (Wildman–Crippen LogP) is 5.38. The summed E-state index contributed by atoms with van der Waals surface area (Å²) < 4.78 is 34.5. The number of benzene rings is 2. The maximum atomic E-state index is 12.8. The number of carbonyl (C=O) groups is 1. The Kier molecular flexibility index (Phi) is 6.41. The van der Waals surface area contributed by atoms with Gasteiger partial charge in [0.15, 0.2) is 0 Å². The minimum Gasteiger partial charge on any atom is -0.492 e. The molecule has 2 aromatic carbocycles. The molecule has 0 saturated carbocycles. The largest absolute Gasteiger partial charge is 0.492 e. The molecule has 0 unspecified atom stereocenters. The van der Waals surface area contributed by atoms with Crippen LogP contribution in [-0.4, -0.2) is 38.9 Å². The van der Waals surface area contributed by atoms with Gasteiger partial charge in [-0.25, -0.2) is 8.42 Å². The first-order valence-corrected chi connectivity index (χ1v) is 12.8. The molecule has 1 aromatic heterocycles. The number of piperidine rings is 1. The molecule has 2 heterocycles. The zero-order valence-corrected chi connectivity index (χ0v) is 19.4. The first-order valence-electron chi connectivity index (χ1n) is 10.2. The smallest absolute Gasteiger partial charge is 0.263 e. The highest BCUT2D eigenvalue weighted by molar-refractivity contribution is 7.92. The number of sulfonamides is 1. The van der Waals surface area contributed by atoms with E-state index in [0.29, 0.717) is 22.9 Å². The van der Waals surface area contributed by atoms with Crippen molar-refractivity contribution in [1.29, 1.82) is 0 Å². The average Bonchev–Trinajstić information content (AvgIpc) is 3.18. The van der Waals surface area contributed by atoms with Gasteiger partial charge in [-0.3, -0.25) is 9.52 Å². The van der Waals surface area contributed by atoms with Gasteiger partial charge < -0.3 is 9.64 Å². The predicted molar refractivity (Wildman–Crippen MR) is 125 cm³/mol. The molecular weight excluding hydrogens is 456 g/mol. The highest BCUT2D eigenvalue weighted by Crippen LogP contribution is 2.32. The van der Waals surface area contributed by atoms with Crippen molar-refractivity contribution in [2.24, 2.45) is 0 Å². The molecule has 0 spiro atoms. The minimum absolute atomic E-state index is 0.0482. The van der Waals surface area contributed by atoms with E-state index in [4.69, 9.17) is 16.3 Å². The standard InChI is InChI=1S/C22H23ClN2O4S2/c1-2-29-19-8-7-17(14-18(19)23)31(27,28)24-16-6-9-20-15(12-16)13-21(30-20)22(26)25-10-4-3-5-11-25/h6-9,12-14,24H,2-5,10-11H2,1H3. The van der Waals surface area contributed by atoms with Gasteiger partial charge in [0.2, 0.25) is 0 Å². The Morgan fingerprint density at radius 3 is 2.61 bits per heavy atom. The van der Waals surface area contributed by atoms with E-state index in [2.05, 4.69) is 4.72 Å². The van der Waals surface area contributed by atoms with E-state index in [1.54, 1.807) is 18.2 Å². The summed E-state index contributed by atoms with van der Waals surface area (Å²) in [4.78, 5) is 15.4. The van der Waals surface area contributed by atoms with Gasteiger partial charge in [0, 0.05) is 23.5 Å². The van der Waals surface area contributed by atoms with Crippen LogP contribution in [0.5, 0.6) is 5.75 Å². The molecule has 0 aliphatic carbocycles. The fourth-order valence-electron chi connectivity index (χ4n) is 3.60. The number of nitrogens with zero attached hydrogens (tertiary/aromatic N) is 1. The van der Waals surface area contributed by atoms with Crippen LogP contribution in [0.3, 0.4) is 0 Å². The van der Waals surface area contributed by atoms with Crippen molar-refractivity contribution < 1.29 is 17.9 Å². The Morgan fingerprint density at radius 2 is 1.90 bits per heavy atom. The van der Waals surface area contributed by atoms with E-state index in [0.717, 1.165) is 36.0 Å². The molecule has 1 aliphatic rings. The summed E-state index contributed by atoms with van der Waals surface area (Å²) in [6.07, 6.45) is 3.25. The van der Waals surface area contributed by atoms with Gasteiger partial charge in [0.05, 0.1) is 21.4 Å². The molecule has 164 valence electrons. The molecule has 1 amide bonds. The number of nitrogens with one attached hydrogen (secondary N) is 1. The van der Waals surface area contributed by atoms with Crippen molar-refractivity contribution in [1.82, 2.24) is 4.90 Å². The van der Waals surface area contributed by atoms with Gasteiger partial charge in [-0.15, -0.1) is 11.3 Å². The third-order valence-corrected chi connectivity index (χ3v) is 7.91. The normalized spacial score (nSPS) is 14.6. The molecule has 1 fully saturated rings. The number of rotatable bonds is 6. The Bertz CT molecular complexity index is 1220. The first kappa shape index (κ1) is 21.9. The van der Waals surface area contributed by atoms with Gasteiger partial charge in [0.1, 0.15) is 5.75 Å². The molecular formula is C22H23ClN2O4S2. The molecule has 4 rings (SSSR count). The third-order valence-electron chi connectivity index (χ3n) is 5.14. The molecule has 1 N–H and O–H groups in total. The van der Waals surface area contributed by atoms with Gasteiger partial charge >= 0.3 is 0 Å². The van der Waals surface area contributed by atoms with Crippen molar-refractivity contribution >= 4 is 54.6 Å². The highest BCUT2D eigenvalue weighted by Gasteiger charge is 2.21.